The Kier molecular flexibility index (Phi) is 6.34. The number of hydrogen-bond acceptors (Lipinski definition) is 6. The lowest BCUT2D eigenvalue weighted by atomic mass is 10.2. The summed E-state index contributed by atoms with van der Waals surface area (Å²) in [5, 5.41) is 2.92. The van der Waals surface area contributed by atoms with E-state index in [9.17, 15) is 9.18 Å². The Bertz CT molecular complexity index is 1080. The summed E-state index contributed by atoms with van der Waals surface area (Å²) in [5.41, 5.74) is 0.705. The van der Waals surface area contributed by atoms with Crippen LogP contribution in [0.2, 0.25) is 0 Å². The van der Waals surface area contributed by atoms with Gasteiger partial charge in [0.1, 0.15) is 17.9 Å². The summed E-state index contributed by atoms with van der Waals surface area (Å²) in [4.78, 5) is 25.0. The first-order valence-electron chi connectivity index (χ1n) is 10.2. The molecular formula is C23H24FN5O3. The number of carbonyl (C=O) groups is 1. The molecule has 0 aliphatic carbocycles. The second-order valence-electron chi connectivity index (χ2n) is 7.39. The molecule has 0 bridgehead atoms. The highest BCUT2D eigenvalue weighted by molar-refractivity contribution is 5.89. The molecule has 1 fully saturated rings. The smallest absolute Gasteiger partial charge is 0.322 e. The number of nitrogens with zero attached hydrogens (tertiary/aromatic N) is 4. The number of piperazine rings is 1. The van der Waals surface area contributed by atoms with E-state index in [4.69, 9.17) is 9.47 Å². The van der Waals surface area contributed by atoms with Crippen LogP contribution in [0, 0.1) is 5.82 Å². The molecule has 3 aromatic rings. The third kappa shape index (κ3) is 4.88. The van der Waals surface area contributed by atoms with Crippen molar-refractivity contribution in [2.45, 2.75) is 13.0 Å². The fourth-order valence-electron chi connectivity index (χ4n) is 3.54. The van der Waals surface area contributed by atoms with Gasteiger partial charge in [0.05, 0.1) is 7.11 Å². The largest absolute Gasteiger partial charge is 0.497 e. The molecule has 0 spiro atoms. The fraction of sp³-hybridized carbons (Fsp3) is 0.261. The number of urea groups is 1. The van der Waals surface area contributed by atoms with E-state index in [0.29, 0.717) is 31.1 Å². The van der Waals surface area contributed by atoms with Crippen LogP contribution in [-0.2, 0) is 0 Å². The predicted octanol–water partition coefficient (Wildman–Crippen LogP) is 4.16. The van der Waals surface area contributed by atoms with Gasteiger partial charge >= 0.3 is 6.03 Å². The third-order valence-electron chi connectivity index (χ3n) is 5.23. The van der Waals surface area contributed by atoms with E-state index in [1.807, 2.05) is 6.92 Å². The summed E-state index contributed by atoms with van der Waals surface area (Å²) >= 11 is 0. The van der Waals surface area contributed by atoms with Crippen LogP contribution in [0.1, 0.15) is 6.92 Å². The van der Waals surface area contributed by atoms with Crippen LogP contribution in [0.3, 0.4) is 0 Å². The Morgan fingerprint density at radius 3 is 2.62 bits per heavy atom. The van der Waals surface area contributed by atoms with Crippen molar-refractivity contribution in [2.75, 3.05) is 37.0 Å². The van der Waals surface area contributed by atoms with Gasteiger partial charge < -0.3 is 24.6 Å². The molecule has 8 nitrogen and oxygen atoms in total. The zero-order chi connectivity index (χ0) is 22.5. The highest BCUT2D eigenvalue weighted by atomic mass is 19.1. The monoisotopic (exact) mass is 437 g/mol. The number of halogens is 1. The average molecular weight is 437 g/mol. The molecule has 0 unspecified atom stereocenters. The number of rotatable bonds is 5. The minimum absolute atomic E-state index is 0.0482. The van der Waals surface area contributed by atoms with Crippen molar-refractivity contribution in [1.29, 1.82) is 0 Å². The van der Waals surface area contributed by atoms with Gasteiger partial charge in [0.15, 0.2) is 11.6 Å². The number of amides is 2. The number of benzene rings is 2. The molecule has 2 aromatic carbocycles. The van der Waals surface area contributed by atoms with Crippen LogP contribution in [0.5, 0.6) is 17.4 Å². The molecule has 0 saturated carbocycles. The maximum absolute atomic E-state index is 13.9. The van der Waals surface area contributed by atoms with Crippen molar-refractivity contribution >= 4 is 17.5 Å². The minimum Gasteiger partial charge on any atom is -0.497 e. The molecule has 1 aromatic heterocycles. The predicted molar refractivity (Wildman–Crippen MR) is 119 cm³/mol. The van der Waals surface area contributed by atoms with E-state index in [1.54, 1.807) is 60.5 Å². The second kappa shape index (κ2) is 9.51. The highest BCUT2D eigenvalue weighted by Crippen LogP contribution is 2.26. The highest BCUT2D eigenvalue weighted by Gasteiger charge is 2.28. The van der Waals surface area contributed by atoms with Crippen LogP contribution in [0.4, 0.5) is 20.7 Å². The van der Waals surface area contributed by atoms with Crippen LogP contribution in [-0.4, -0.2) is 53.7 Å². The molecule has 2 amide bonds. The van der Waals surface area contributed by atoms with Crippen molar-refractivity contribution in [3.8, 4) is 17.4 Å². The summed E-state index contributed by atoms with van der Waals surface area (Å²) in [6, 6.07) is 14.8. The van der Waals surface area contributed by atoms with Crippen LogP contribution >= 0.6 is 0 Å². The maximum atomic E-state index is 13.9. The normalized spacial score (nSPS) is 15.9. The molecule has 1 atom stereocenters. The number of anilines is 2. The number of nitrogens with one attached hydrogen (secondary N) is 1. The van der Waals surface area contributed by atoms with Crippen molar-refractivity contribution in [3.63, 3.8) is 0 Å². The maximum Gasteiger partial charge on any atom is 0.322 e. The molecule has 1 N–H and O–H groups in total. The van der Waals surface area contributed by atoms with Crippen LogP contribution in [0.25, 0.3) is 0 Å². The van der Waals surface area contributed by atoms with Crippen molar-refractivity contribution in [2.24, 2.45) is 0 Å². The molecule has 2 heterocycles. The lowest BCUT2D eigenvalue weighted by Crippen LogP contribution is -2.55. The van der Waals surface area contributed by atoms with Crippen molar-refractivity contribution < 1.29 is 18.7 Å². The van der Waals surface area contributed by atoms with Gasteiger partial charge in [0, 0.05) is 37.4 Å². The van der Waals surface area contributed by atoms with Crippen LogP contribution in [0.15, 0.2) is 60.9 Å². The average Bonchev–Trinajstić information content (AvgIpc) is 2.81. The van der Waals surface area contributed by atoms with Gasteiger partial charge in [-0.15, -0.1) is 0 Å². The van der Waals surface area contributed by atoms with E-state index in [2.05, 4.69) is 20.2 Å². The Labute approximate surface area is 185 Å². The summed E-state index contributed by atoms with van der Waals surface area (Å²) in [6.45, 7) is 3.69. The molecule has 4 rings (SSSR count). The summed E-state index contributed by atoms with van der Waals surface area (Å²) in [7, 11) is 1.60. The first-order chi connectivity index (χ1) is 15.5. The SMILES string of the molecule is COc1ccc(NC(=O)N2CCN(c3cc(Oc4ccccc4F)ncn3)C[C@H]2C)cc1. The molecule has 32 heavy (non-hydrogen) atoms. The van der Waals surface area contributed by atoms with E-state index in [0.717, 1.165) is 5.75 Å². The molecule has 1 aliphatic rings. The van der Waals surface area contributed by atoms with E-state index in [-0.39, 0.29) is 23.7 Å². The Morgan fingerprint density at radius 1 is 1.12 bits per heavy atom. The van der Waals surface area contributed by atoms with E-state index < -0.39 is 5.82 Å². The summed E-state index contributed by atoms with van der Waals surface area (Å²) in [5.74, 6) is 1.29. The number of para-hydroxylation sites is 1. The first-order valence-corrected chi connectivity index (χ1v) is 10.2. The lowest BCUT2D eigenvalue weighted by Gasteiger charge is -2.40. The van der Waals surface area contributed by atoms with Crippen LogP contribution < -0.4 is 19.7 Å². The fourth-order valence-corrected chi connectivity index (χ4v) is 3.54. The number of carbonyl (C=O) groups excluding carboxylic acids is 1. The zero-order valence-electron chi connectivity index (χ0n) is 17.9. The molecular weight excluding hydrogens is 413 g/mol. The Hall–Kier alpha value is -3.88. The van der Waals surface area contributed by atoms with Gasteiger partial charge in [0.2, 0.25) is 5.88 Å². The zero-order valence-corrected chi connectivity index (χ0v) is 17.9. The molecule has 9 heteroatoms. The first kappa shape index (κ1) is 21.4. The number of aromatic nitrogens is 2. The van der Waals surface area contributed by atoms with E-state index in [1.165, 1.54) is 12.4 Å². The summed E-state index contributed by atoms with van der Waals surface area (Å²) < 4.78 is 24.6. The number of ether oxygens (including phenoxy) is 2. The van der Waals surface area contributed by atoms with Gasteiger partial charge in [-0.2, -0.15) is 0 Å². The van der Waals surface area contributed by atoms with Gasteiger partial charge in [-0.05, 0) is 43.3 Å². The van der Waals surface area contributed by atoms with Gasteiger partial charge in [-0.3, -0.25) is 0 Å². The van der Waals surface area contributed by atoms with Gasteiger partial charge in [0.25, 0.3) is 0 Å². The molecule has 1 saturated heterocycles. The van der Waals surface area contributed by atoms with Gasteiger partial charge in [-0.25, -0.2) is 19.2 Å². The number of hydrogen-bond donors (Lipinski definition) is 1. The topological polar surface area (TPSA) is 79.8 Å². The minimum atomic E-state index is -0.460. The Balaban J connectivity index is 1.38. The second-order valence-corrected chi connectivity index (χ2v) is 7.39. The van der Waals surface area contributed by atoms with Gasteiger partial charge in [-0.1, -0.05) is 12.1 Å². The summed E-state index contributed by atoms with van der Waals surface area (Å²) in [6.07, 6.45) is 1.39. The van der Waals surface area contributed by atoms with Crippen molar-refractivity contribution in [3.05, 3.63) is 66.7 Å². The van der Waals surface area contributed by atoms with Crippen molar-refractivity contribution in [1.82, 2.24) is 14.9 Å². The lowest BCUT2D eigenvalue weighted by molar-refractivity contribution is 0.184. The number of methoxy groups -OCH3 is 1. The molecule has 1 aliphatic heterocycles. The third-order valence-corrected chi connectivity index (χ3v) is 5.23. The molecule has 166 valence electrons. The quantitative estimate of drug-likeness (QED) is 0.646. The van der Waals surface area contributed by atoms with E-state index >= 15 is 0 Å². The standard InChI is InChI=1S/C23H24FN5O3/c1-16-14-28(11-12-29(16)23(30)27-17-7-9-18(31-2)10-8-17)21-13-22(26-15-25-21)32-20-6-4-3-5-19(20)24/h3-10,13,15-16H,11-12,14H2,1-2H3,(H,27,30)/t16-/m1/s1. The Morgan fingerprint density at radius 2 is 1.91 bits per heavy atom. The molecule has 0 radical (unpaired) electrons.